The highest BCUT2D eigenvalue weighted by atomic mass is 32.1. The standard InChI is InChI=1S/C26H25N3O5S/c1-15-10-16(24(31)32)12-29(11-15)23(30)22-14-35-25(27-22)28-26(33)34-13-21-19-8-4-2-6-17(19)18-7-3-5-9-20(18)21/h2-9,14-16,21H,10-13H2,1H3,(H,31,32)(H,27,28,33). The van der Waals surface area contributed by atoms with Gasteiger partial charge in [-0.3, -0.25) is 14.9 Å². The van der Waals surface area contributed by atoms with Crippen LogP contribution in [0.25, 0.3) is 11.1 Å². The Kier molecular flexibility index (Phi) is 6.25. The molecule has 2 aromatic carbocycles. The molecule has 180 valence electrons. The molecule has 2 heterocycles. The van der Waals surface area contributed by atoms with Crippen molar-refractivity contribution in [2.75, 3.05) is 25.0 Å². The summed E-state index contributed by atoms with van der Waals surface area (Å²) in [7, 11) is 0. The molecule has 0 radical (unpaired) electrons. The van der Waals surface area contributed by atoms with Crippen LogP contribution in [-0.2, 0) is 9.53 Å². The number of nitrogens with zero attached hydrogens (tertiary/aromatic N) is 2. The monoisotopic (exact) mass is 491 g/mol. The number of aliphatic carboxylic acids is 1. The molecule has 1 fully saturated rings. The van der Waals surface area contributed by atoms with Crippen molar-refractivity contribution >= 4 is 34.4 Å². The van der Waals surface area contributed by atoms with E-state index in [1.54, 1.807) is 5.38 Å². The molecule has 2 atom stereocenters. The van der Waals surface area contributed by atoms with Crippen molar-refractivity contribution in [1.82, 2.24) is 9.88 Å². The van der Waals surface area contributed by atoms with E-state index in [0.717, 1.165) is 33.6 Å². The van der Waals surface area contributed by atoms with E-state index >= 15 is 0 Å². The third kappa shape index (κ3) is 4.64. The fraction of sp³-hybridized carbons (Fsp3) is 0.308. The number of anilines is 1. The Balaban J connectivity index is 1.21. The molecule has 5 rings (SSSR count). The van der Waals surface area contributed by atoms with Gasteiger partial charge in [0.1, 0.15) is 12.3 Å². The molecule has 1 aliphatic heterocycles. The quantitative estimate of drug-likeness (QED) is 0.536. The second-order valence-electron chi connectivity index (χ2n) is 9.07. The zero-order valence-corrected chi connectivity index (χ0v) is 20.0. The molecule has 0 bridgehead atoms. The third-order valence-electron chi connectivity index (χ3n) is 6.57. The largest absolute Gasteiger partial charge is 0.481 e. The first-order valence-corrected chi connectivity index (χ1v) is 12.4. The van der Waals surface area contributed by atoms with E-state index < -0.39 is 18.0 Å². The average Bonchev–Trinajstić information content (AvgIpc) is 3.44. The van der Waals surface area contributed by atoms with Gasteiger partial charge in [0.15, 0.2) is 5.13 Å². The molecule has 1 aromatic heterocycles. The van der Waals surface area contributed by atoms with Gasteiger partial charge in [-0.2, -0.15) is 0 Å². The van der Waals surface area contributed by atoms with E-state index in [2.05, 4.69) is 34.6 Å². The van der Waals surface area contributed by atoms with Crippen molar-refractivity contribution in [3.63, 3.8) is 0 Å². The normalized spacial score (nSPS) is 19.1. The van der Waals surface area contributed by atoms with Gasteiger partial charge in [0, 0.05) is 24.4 Å². The summed E-state index contributed by atoms with van der Waals surface area (Å²) >= 11 is 1.13. The van der Waals surface area contributed by atoms with Gasteiger partial charge in [0.05, 0.1) is 5.92 Å². The van der Waals surface area contributed by atoms with Crippen molar-refractivity contribution in [2.24, 2.45) is 11.8 Å². The Morgan fingerprint density at radius 3 is 2.40 bits per heavy atom. The fourth-order valence-corrected chi connectivity index (χ4v) is 5.68. The predicted molar refractivity (Wildman–Crippen MR) is 132 cm³/mol. The van der Waals surface area contributed by atoms with Crippen LogP contribution in [0.4, 0.5) is 9.93 Å². The lowest BCUT2D eigenvalue weighted by Crippen LogP contribution is -2.45. The summed E-state index contributed by atoms with van der Waals surface area (Å²) in [5, 5.41) is 13.8. The number of benzene rings is 2. The molecule has 1 saturated heterocycles. The van der Waals surface area contributed by atoms with Crippen LogP contribution >= 0.6 is 11.3 Å². The smallest absolute Gasteiger partial charge is 0.413 e. The second-order valence-corrected chi connectivity index (χ2v) is 9.93. The summed E-state index contributed by atoms with van der Waals surface area (Å²) in [6, 6.07) is 16.2. The maximum Gasteiger partial charge on any atom is 0.413 e. The Labute approximate surface area is 206 Å². The number of likely N-dealkylation sites (tertiary alicyclic amines) is 1. The first kappa shape index (κ1) is 23.0. The number of piperidine rings is 1. The molecule has 0 spiro atoms. The molecular formula is C26H25N3O5S. The lowest BCUT2D eigenvalue weighted by molar-refractivity contribution is -0.143. The number of amides is 2. The third-order valence-corrected chi connectivity index (χ3v) is 7.33. The fourth-order valence-electron chi connectivity index (χ4n) is 5.01. The molecule has 0 saturated carbocycles. The number of carbonyl (C=O) groups excluding carboxylic acids is 2. The van der Waals surface area contributed by atoms with E-state index in [9.17, 15) is 19.5 Å². The topological polar surface area (TPSA) is 109 Å². The van der Waals surface area contributed by atoms with Gasteiger partial charge in [-0.15, -0.1) is 11.3 Å². The van der Waals surface area contributed by atoms with Crippen molar-refractivity contribution in [3.05, 3.63) is 70.7 Å². The van der Waals surface area contributed by atoms with Crippen LogP contribution in [0.1, 0.15) is 40.9 Å². The van der Waals surface area contributed by atoms with Crippen LogP contribution in [0.15, 0.2) is 53.9 Å². The maximum atomic E-state index is 12.9. The van der Waals surface area contributed by atoms with E-state index in [1.807, 2.05) is 31.2 Å². The van der Waals surface area contributed by atoms with Gasteiger partial charge >= 0.3 is 12.1 Å². The number of ether oxygens (including phenoxy) is 1. The number of carbonyl (C=O) groups is 3. The number of thiazole rings is 1. The molecule has 2 N–H and O–H groups in total. The summed E-state index contributed by atoms with van der Waals surface area (Å²) in [5.74, 6) is -1.78. The SMILES string of the molecule is CC1CC(C(=O)O)CN(C(=O)c2csc(NC(=O)OCC3c4ccccc4-c4ccccc43)n2)C1. The first-order chi connectivity index (χ1) is 16.9. The molecule has 2 aliphatic rings. The van der Waals surface area contributed by atoms with E-state index in [0.29, 0.717) is 13.0 Å². The number of carboxylic acids is 1. The molecule has 3 aromatic rings. The van der Waals surface area contributed by atoms with Crippen LogP contribution < -0.4 is 5.32 Å². The Hall–Kier alpha value is -3.72. The van der Waals surface area contributed by atoms with Gasteiger partial charge in [-0.25, -0.2) is 9.78 Å². The number of aromatic nitrogens is 1. The maximum absolute atomic E-state index is 12.9. The molecule has 35 heavy (non-hydrogen) atoms. The van der Waals surface area contributed by atoms with Crippen LogP contribution in [0.3, 0.4) is 0 Å². The zero-order valence-electron chi connectivity index (χ0n) is 19.1. The number of fused-ring (bicyclic) bond motifs is 3. The van der Waals surface area contributed by atoms with Crippen LogP contribution in [0.2, 0.25) is 0 Å². The molecule has 2 unspecified atom stereocenters. The van der Waals surface area contributed by atoms with Gasteiger partial charge in [0.2, 0.25) is 0 Å². The van der Waals surface area contributed by atoms with Crippen LogP contribution in [0.5, 0.6) is 0 Å². The van der Waals surface area contributed by atoms with E-state index in [1.165, 1.54) is 4.90 Å². The summed E-state index contributed by atoms with van der Waals surface area (Å²) < 4.78 is 5.54. The molecule has 2 amide bonds. The number of nitrogens with one attached hydrogen (secondary N) is 1. The number of hydrogen-bond acceptors (Lipinski definition) is 6. The van der Waals surface area contributed by atoms with Gasteiger partial charge in [0.25, 0.3) is 5.91 Å². The van der Waals surface area contributed by atoms with Crippen molar-refractivity contribution in [1.29, 1.82) is 0 Å². The van der Waals surface area contributed by atoms with E-state index in [-0.39, 0.29) is 41.7 Å². The highest BCUT2D eigenvalue weighted by Gasteiger charge is 2.33. The van der Waals surface area contributed by atoms with Crippen molar-refractivity contribution in [3.8, 4) is 11.1 Å². The first-order valence-electron chi connectivity index (χ1n) is 11.5. The summed E-state index contributed by atoms with van der Waals surface area (Å²) in [4.78, 5) is 42.6. The molecule has 9 heteroatoms. The molecular weight excluding hydrogens is 466 g/mol. The lowest BCUT2D eigenvalue weighted by Gasteiger charge is -2.34. The molecule has 8 nitrogen and oxygen atoms in total. The van der Waals surface area contributed by atoms with Crippen LogP contribution in [0, 0.1) is 11.8 Å². The number of carboxylic acid groups (broad SMARTS) is 1. The average molecular weight is 492 g/mol. The highest BCUT2D eigenvalue weighted by molar-refractivity contribution is 7.14. The summed E-state index contributed by atoms with van der Waals surface area (Å²) in [6.45, 7) is 2.75. The Morgan fingerprint density at radius 2 is 1.74 bits per heavy atom. The Morgan fingerprint density at radius 1 is 1.09 bits per heavy atom. The van der Waals surface area contributed by atoms with Gasteiger partial charge < -0.3 is 14.7 Å². The highest BCUT2D eigenvalue weighted by Crippen LogP contribution is 2.44. The van der Waals surface area contributed by atoms with Gasteiger partial charge in [-0.05, 0) is 34.6 Å². The number of hydrogen-bond donors (Lipinski definition) is 2. The van der Waals surface area contributed by atoms with Crippen LogP contribution in [-0.4, -0.2) is 52.7 Å². The Bertz CT molecular complexity index is 1240. The van der Waals surface area contributed by atoms with E-state index in [4.69, 9.17) is 4.74 Å². The molecule has 1 aliphatic carbocycles. The van der Waals surface area contributed by atoms with Crippen molar-refractivity contribution < 1.29 is 24.2 Å². The zero-order chi connectivity index (χ0) is 24.5. The minimum atomic E-state index is -0.898. The van der Waals surface area contributed by atoms with Gasteiger partial charge in [-0.1, -0.05) is 55.5 Å². The van der Waals surface area contributed by atoms with Crippen molar-refractivity contribution in [2.45, 2.75) is 19.3 Å². The summed E-state index contributed by atoms with van der Waals surface area (Å²) in [6.07, 6.45) is -0.0946. The number of rotatable bonds is 5. The minimum Gasteiger partial charge on any atom is -0.481 e. The minimum absolute atomic E-state index is 0.0511. The lowest BCUT2D eigenvalue weighted by atomic mass is 9.90. The second kappa shape index (κ2) is 9.50. The summed E-state index contributed by atoms with van der Waals surface area (Å²) in [5.41, 5.74) is 4.73. The predicted octanol–water partition coefficient (Wildman–Crippen LogP) is 4.69.